The molecule has 5 amide bonds. The van der Waals surface area contributed by atoms with E-state index in [4.69, 9.17) is 42.8 Å². The van der Waals surface area contributed by atoms with Crippen LogP contribution in [-0.4, -0.2) is 328 Å². The molecule has 2 aromatic carbocycles. The maximum absolute atomic E-state index is 14.2. The van der Waals surface area contributed by atoms with E-state index < -0.39 is 105 Å². The van der Waals surface area contributed by atoms with E-state index in [0.29, 0.717) is 121 Å². The number of aliphatic carboxylic acids is 4. The molecular formula is C75H113N12O27P. The SMILES string of the molecule is COC(=O)CN1CCN(CC(=O)NCCCn2nnc3c2-c2ccccc2CN(C(=O)CCC(=O)NCCOCCOCCOCCOCCC(=O)NCCCCCC(=O)C[C@@H](CCC(=O)N[C@@H](CCCOP(=O)(O)CC(CCC(=O)O)C(=O)O)C(=O)O)C(=O)O)c2ccccc2-3)CCN(CC(=O)OC)CCN(CC(=O)OC)CC1. The van der Waals surface area contributed by atoms with Gasteiger partial charge in [-0.2, -0.15) is 0 Å². The van der Waals surface area contributed by atoms with Crippen molar-refractivity contribution in [2.75, 3.05) is 190 Å². The van der Waals surface area contributed by atoms with Gasteiger partial charge in [0.05, 0.1) is 143 Å². The fraction of sp³-hybridized carbons (Fsp3) is 0.640. The number of nitrogens with one attached hydrogen (secondary N) is 4. The van der Waals surface area contributed by atoms with E-state index in [9.17, 15) is 87.1 Å². The lowest BCUT2D eigenvalue weighted by Gasteiger charge is -2.33. The topological polar surface area (TPSA) is 509 Å². The minimum atomic E-state index is -4.50. The first-order chi connectivity index (χ1) is 55.2. The van der Waals surface area contributed by atoms with Gasteiger partial charge < -0.3 is 89.2 Å². The number of Topliss-reactive ketones (excluding diaryl/α,β-unsaturated/α-hetero) is 1. The third-order valence-corrected chi connectivity index (χ3v) is 20.3. The molecule has 115 heavy (non-hydrogen) atoms. The Kier molecular flexibility index (Phi) is 45.0. The molecule has 4 atom stereocenters. The van der Waals surface area contributed by atoms with Gasteiger partial charge in [-0.25, -0.2) is 9.48 Å². The van der Waals surface area contributed by atoms with Crippen molar-refractivity contribution < 1.29 is 130 Å². The molecule has 2 aliphatic heterocycles. The number of ketones is 1. The van der Waals surface area contributed by atoms with E-state index in [2.05, 4.69) is 31.6 Å². The number of anilines is 1. The van der Waals surface area contributed by atoms with Crippen LogP contribution < -0.4 is 26.2 Å². The summed E-state index contributed by atoms with van der Waals surface area (Å²) >= 11 is 0. The number of unbranched alkanes of at least 4 members (excludes halogenated alkanes) is 2. The Balaban J connectivity index is 0.902. The number of methoxy groups -OCH3 is 3. The lowest BCUT2D eigenvalue weighted by atomic mass is 9.94. The lowest BCUT2D eigenvalue weighted by molar-refractivity contribution is -0.145. The number of esters is 3. The molecule has 1 fully saturated rings. The molecule has 39 nitrogen and oxygen atoms in total. The van der Waals surface area contributed by atoms with Crippen LogP contribution >= 0.6 is 7.60 Å². The summed E-state index contributed by atoms with van der Waals surface area (Å²) in [7, 11) is -0.545. The fourth-order valence-electron chi connectivity index (χ4n) is 12.4. The number of carbonyl (C=O) groups is 13. The van der Waals surface area contributed by atoms with Crippen LogP contribution in [0, 0.1) is 11.8 Å². The predicted molar refractivity (Wildman–Crippen MR) is 411 cm³/mol. The van der Waals surface area contributed by atoms with Gasteiger partial charge in [0.15, 0.2) is 0 Å². The van der Waals surface area contributed by atoms with Crippen LogP contribution in [-0.2, 0) is 118 Å². The van der Waals surface area contributed by atoms with E-state index in [0.717, 1.165) is 16.8 Å². The van der Waals surface area contributed by atoms with Gasteiger partial charge in [-0.15, -0.1) is 5.10 Å². The van der Waals surface area contributed by atoms with Gasteiger partial charge in [0, 0.05) is 135 Å². The van der Waals surface area contributed by atoms with Gasteiger partial charge in [0.25, 0.3) is 0 Å². The number of carboxylic acids is 4. The van der Waals surface area contributed by atoms with E-state index in [-0.39, 0.29) is 166 Å². The average molecular weight is 1650 g/mol. The van der Waals surface area contributed by atoms with E-state index in [1.807, 2.05) is 72.8 Å². The Morgan fingerprint density at radius 3 is 1.57 bits per heavy atom. The highest BCUT2D eigenvalue weighted by atomic mass is 31.2. The lowest BCUT2D eigenvalue weighted by Crippen LogP contribution is -2.50. The molecule has 640 valence electrons. The van der Waals surface area contributed by atoms with Crippen molar-refractivity contribution in [1.82, 2.24) is 55.9 Å². The predicted octanol–water partition coefficient (Wildman–Crippen LogP) is 1.29. The number of carboxylic acid groups (broad SMARTS) is 4. The molecule has 1 saturated heterocycles. The number of hydrogen-bond acceptors (Lipinski definition) is 28. The third kappa shape index (κ3) is 38.4. The summed E-state index contributed by atoms with van der Waals surface area (Å²) in [6, 6.07) is 13.6. The molecule has 0 spiro atoms. The van der Waals surface area contributed by atoms with Crippen molar-refractivity contribution in [3.05, 3.63) is 54.1 Å². The number of aryl methyl sites for hydroxylation is 1. The highest BCUT2D eigenvalue weighted by molar-refractivity contribution is 7.52. The van der Waals surface area contributed by atoms with Crippen molar-refractivity contribution in [1.29, 1.82) is 0 Å². The highest BCUT2D eigenvalue weighted by Crippen LogP contribution is 2.45. The van der Waals surface area contributed by atoms with E-state index >= 15 is 0 Å². The Morgan fingerprint density at radius 1 is 0.487 bits per heavy atom. The van der Waals surface area contributed by atoms with Crippen molar-refractivity contribution in [3.63, 3.8) is 0 Å². The minimum Gasteiger partial charge on any atom is -0.481 e. The summed E-state index contributed by atoms with van der Waals surface area (Å²) in [6.45, 7) is 6.45. The zero-order chi connectivity index (χ0) is 83.9. The minimum absolute atomic E-state index is 0.0147. The molecule has 2 unspecified atom stereocenters. The summed E-state index contributed by atoms with van der Waals surface area (Å²) in [5.74, 6) is -11.7. The molecule has 5 rings (SSSR count). The molecule has 0 bridgehead atoms. The van der Waals surface area contributed by atoms with Crippen molar-refractivity contribution in [3.8, 4) is 22.5 Å². The second kappa shape index (κ2) is 53.8. The molecule has 2 aliphatic rings. The van der Waals surface area contributed by atoms with Crippen LogP contribution in [0.1, 0.15) is 102 Å². The Hall–Kier alpha value is -9.28. The average Bonchev–Trinajstić information content (AvgIpc) is 1.66. The van der Waals surface area contributed by atoms with Crippen LogP contribution in [0.25, 0.3) is 22.5 Å². The van der Waals surface area contributed by atoms with Crippen molar-refractivity contribution >= 4 is 90.4 Å². The van der Waals surface area contributed by atoms with E-state index in [1.165, 1.54) is 21.3 Å². The number of aromatic nitrogens is 3. The highest BCUT2D eigenvalue weighted by Gasteiger charge is 2.33. The third-order valence-electron chi connectivity index (χ3n) is 18.8. The monoisotopic (exact) mass is 1640 g/mol. The van der Waals surface area contributed by atoms with Crippen molar-refractivity contribution in [2.24, 2.45) is 11.8 Å². The summed E-state index contributed by atoms with van der Waals surface area (Å²) in [4.78, 5) is 181. The number of benzene rings is 2. The normalized spacial score (nSPS) is 15.0. The standard InChI is InChI=1S/C75H113N12O27P/c1-107-68(96)50-83-32-30-82(31-33-84(51-69(97)108-2)35-37-85(36-34-83)52-70(98)109-3)49-65(92)77-27-12-29-87-72-58-15-7-6-13-55(58)48-86(61-18-9-8-16-59(61)71(72)80-81-87)66(93)23-22-62(89)78-28-40-111-42-44-113-46-45-112-43-41-110-39-25-63(90)76-26-10-4-5-14-57(88)47-54(73(99)100)19-21-64(91)79-60(75(103)104)17-11-38-114-115(105,106)53-56(74(101)102)20-24-67(94)95/h6-9,13,15-16,18,54,56,60H,4-5,10-12,14,17,19-53H2,1-3H3,(H,76,90)(H,77,92)(H,78,89)(H,79,91)(H,94,95)(H,99,100)(H,101,102)(H,103,104)(H,105,106)/t54-,56?,60+/m1/s1. The molecule has 3 aromatic rings. The summed E-state index contributed by atoms with van der Waals surface area (Å²) in [5.41, 5.74) is 4.27. The van der Waals surface area contributed by atoms with Gasteiger partial charge in [0.2, 0.25) is 29.5 Å². The Bertz CT molecular complexity index is 3650. The zero-order valence-corrected chi connectivity index (χ0v) is 66.7. The first kappa shape index (κ1) is 96.3. The maximum atomic E-state index is 14.2. The number of rotatable bonds is 55. The molecule has 40 heteroatoms. The van der Waals surface area contributed by atoms with Crippen LogP contribution in [0.15, 0.2) is 48.5 Å². The summed E-state index contributed by atoms with van der Waals surface area (Å²) in [5, 5.41) is 57.5. The number of carbonyl (C=O) groups excluding carboxylic acids is 9. The molecule has 0 saturated carbocycles. The maximum Gasteiger partial charge on any atom is 0.328 e. The molecule has 0 radical (unpaired) electrons. The number of amides is 5. The summed E-state index contributed by atoms with van der Waals surface area (Å²) < 4.78 is 56.2. The molecule has 3 heterocycles. The smallest absolute Gasteiger partial charge is 0.328 e. The first-order valence-corrected chi connectivity index (χ1v) is 40.3. The fourth-order valence-corrected chi connectivity index (χ4v) is 13.8. The Labute approximate surface area is 667 Å². The number of ether oxygens (including phenoxy) is 7. The number of hydrogen-bond donors (Lipinski definition) is 9. The van der Waals surface area contributed by atoms with Gasteiger partial charge in [-0.05, 0) is 56.6 Å². The van der Waals surface area contributed by atoms with Crippen molar-refractivity contribution in [2.45, 2.75) is 115 Å². The largest absolute Gasteiger partial charge is 0.481 e. The van der Waals surface area contributed by atoms with Gasteiger partial charge in [-0.3, -0.25) is 81.7 Å². The van der Waals surface area contributed by atoms with Gasteiger partial charge in [-0.1, -0.05) is 54.1 Å². The first-order valence-electron chi connectivity index (χ1n) is 38.5. The second-order valence-electron chi connectivity index (χ2n) is 27.4. The summed E-state index contributed by atoms with van der Waals surface area (Å²) in [6.07, 6.45) is -1.22. The van der Waals surface area contributed by atoms with Crippen LogP contribution in [0.5, 0.6) is 0 Å². The molecular weight excluding hydrogens is 1530 g/mol. The number of para-hydroxylation sites is 1. The van der Waals surface area contributed by atoms with Gasteiger partial charge >= 0.3 is 49.4 Å². The zero-order valence-electron chi connectivity index (χ0n) is 65.8. The number of fused-ring (bicyclic) bond motifs is 5. The molecule has 1 aromatic heterocycles. The van der Waals surface area contributed by atoms with Crippen LogP contribution in [0.3, 0.4) is 0 Å². The molecule has 0 aliphatic carbocycles. The van der Waals surface area contributed by atoms with E-state index in [1.54, 1.807) is 4.90 Å². The Morgan fingerprint density at radius 2 is 1.00 bits per heavy atom. The van der Waals surface area contributed by atoms with Gasteiger partial charge in [0.1, 0.15) is 17.5 Å². The molecule has 9 N–H and O–H groups in total. The van der Waals surface area contributed by atoms with Crippen LogP contribution in [0.2, 0.25) is 0 Å². The van der Waals surface area contributed by atoms with Crippen LogP contribution in [0.4, 0.5) is 5.69 Å². The quantitative estimate of drug-likeness (QED) is 0.0166. The second-order valence-corrected chi connectivity index (χ2v) is 29.3. The number of nitrogens with zero attached hydrogens (tertiary/aromatic N) is 8.